The zero-order chi connectivity index (χ0) is 30.4. The summed E-state index contributed by atoms with van der Waals surface area (Å²) in [5.41, 5.74) is 6.57. The maximum Gasteiger partial charge on any atom is 0.322 e. The van der Waals surface area contributed by atoms with Crippen molar-refractivity contribution in [3.8, 4) is 0 Å². The molecule has 0 saturated carbocycles. The molecule has 0 aromatic heterocycles. The van der Waals surface area contributed by atoms with E-state index in [0.717, 1.165) is 0 Å². The zero-order valence-corrected chi connectivity index (χ0v) is 23.3. The first kappa shape index (κ1) is 34.0. The van der Waals surface area contributed by atoms with E-state index in [2.05, 4.69) is 21.3 Å². The van der Waals surface area contributed by atoms with Crippen molar-refractivity contribution in [1.82, 2.24) is 21.3 Å². The van der Waals surface area contributed by atoms with Crippen molar-refractivity contribution in [3.05, 3.63) is 35.9 Å². The molecule has 0 fully saturated rings. The van der Waals surface area contributed by atoms with Crippen LogP contribution in [0.1, 0.15) is 52.5 Å². The summed E-state index contributed by atoms with van der Waals surface area (Å²) in [5, 5.41) is 27.9. The molecular weight excluding hydrogens is 522 g/mol. The van der Waals surface area contributed by atoms with Crippen LogP contribution >= 0.6 is 0 Å². The molecule has 8 N–H and O–H groups in total. The first-order valence-electron chi connectivity index (χ1n) is 13.1. The minimum absolute atomic E-state index is 0.0225. The Bertz CT molecular complexity index is 1030. The molecule has 0 aliphatic carbocycles. The molecule has 13 nitrogen and oxygen atoms in total. The predicted octanol–water partition coefficient (Wildman–Crippen LogP) is -0.221. The Morgan fingerprint density at radius 2 is 1.30 bits per heavy atom. The fourth-order valence-corrected chi connectivity index (χ4v) is 3.70. The van der Waals surface area contributed by atoms with E-state index in [1.54, 1.807) is 44.2 Å². The number of amides is 4. The molecule has 1 aromatic carbocycles. The summed E-state index contributed by atoms with van der Waals surface area (Å²) in [6.07, 6.45) is -0.446. The lowest BCUT2D eigenvalue weighted by atomic mass is 10.0. The molecule has 1 rings (SSSR count). The molecule has 0 aliphatic rings. The fourth-order valence-electron chi connectivity index (χ4n) is 3.70. The Labute approximate surface area is 233 Å². The van der Waals surface area contributed by atoms with Gasteiger partial charge in [-0.2, -0.15) is 0 Å². The van der Waals surface area contributed by atoms with Crippen LogP contribution in [0, 0.1) is 11.8 Å². The average Bonchev–Trinajstić information content (AvgIpc) is 2.88. The Balaban J connectivity index is 3.22. The van der Waals surface area contributed by atoms with Gasteiger partial charge in [0.1, 0.15) is 24.7 Å². The summed E-state index contributed by atoms with van der Waals surface area (Å²) < 4.78 is 0. The number of benzene rings is 1. The van der Waals surface area contributed by atoms with E-state index in [4.69, 9.17) is 15.9 Å². The third kappa shape index (κ3) is 12.7. The van der Waals surface area contributed by atoms with Gasteiger partial charge in [0.15, 0.2) is 0 Å². The van der Waals surface area contributed by atoms with Crippen molar-refractivity contribution in [1.29, 1.82) is 0 Å². The molecule has 0 bridgehead atoms. The fraction of sp³-hybridized carbons (Fsp3) is 0.556. The van der Waals surface area contributed by atoms with Gasteiger partial charge in [-0.15, -0.1) is 0 Å². The Hall–Kier alpha value is -4.00. The van der Waals surface area contributed by atoms with Crippen LogP contribution in [-0.2, 0) is 35.2 Å². The first-order chi connectivity index (χ1) is 18.7. The van der Waals surface area contributed by atoms with Gasteiger partial charge >= 0.3 is 11.9 Å². The van der Waals surface area contributed by atoms with Crippen molar-refractivity contribution < 1.29 is 39.0 Å². The molecule has 0 aliphatic heterocycles. The molecule has 0 radical (unpaired) electrons. The second-order valence-corrected chi connectivity index (χ2v) is 10.3. The van der Waals surface area contributed by atoms with Crippen molar-refractivity contribution in [3.63, 3.8) is 0 Å². The minimum atomic E-state index is -1.29. The molecule has 222 valence electrons. The average molecular weight is 564 g/mol. The van der Waals surface area contributed by atoms with Crippen LogP contribution in [0.25, 0.3) is 0 Å². The topological polar surface area (TPSA) is 217 Å². The number of aliphatic carboxylic acids is 2. The number of nitrogens with one attached hydrogen (secondary N) is 4. The standard InChI is InChI=1S/C27H41N5O8/c1-15(2)12-19(24(37)29-14-22(35)36)31-26(39)20(13-17-8-6-5-7-9-17)32-25(38)18(10-11-21(33)34)30-27(40)23(28)16(3)4/h5-9,15-16,18-20,23H,10-14,28H2,1-4H3,(H,29,37)(H,30,40)(H,31,39)(H,32,38)(H,33,34)(H,35,36)/t18-,19-,20-,23-/m0/s1. The van der Waals surface area contributed by atoms with Crippen molar-refractivity contribution in [2.24, 2.45) is 17.6 Å². The van der Waals surface area contributed by atoms with Crippen molar-refractivity contribution >= 4 is 35.6 Å². The highest BCUT2D eigenvalue weighted by Crippen LogP contribution is 2.09. The quantitative estimate of drug-likeness (QED) is 0.133. The van der Waals surface area contributed by atoms with Crippen LogP contribution in [0.3, 0.4) is 0 Å². The second kappa shape index (κ2) is 16.9. The minimum Gasteiger partial charge on any atom is -0.481 e. The number of carbonyl (C=O) groups excluding carboxylic acids is 4. The third-order valence-electron chi connectivity index (χ3n) is 5.97. The highest BCUT2D eigenvalue weighted by atomic mass is 16.4. The Kier molecular flexibility index (Phi) is 14.3. The summed E-state index contributed by atoms with van der Waals surface area (Å²) in [7, 11) is 0. The van der Waals surface area contributed by atoms with Gasteiger partial charge in [-0.1, -0.05) is 58.0 Å². The Morgan fingerprint density at radius 1 is 0.750 bits per heavy atom. The molecule has 0 spiro atoms. The van der Waals surface area contributed by atoms with E-state index in [1.165, 1.54) is 0 Å². The smallest absolute Gasteiger partial charge is 0.322 e. The highest BCUT2D eigenvalue weighted by Gasteiger charge is 2.31. The number of nitrogens with two attached hydrogens (primary N) is 1. The van der Waals surface area contributed by atoms with E-state index in [-0.39, 0.29) is 31.1 Å². The number of carboxylic acids is 2. The lowest BCUT2D eigenvalue weighted by Gasteiger charge is -2.26. The van der Waals surface area contributed by atoms with E-state index in [1.807, 2.05) is 13.8 Å². The number of hydrogen-bond donors (Lipinski definition) is 7. The third-order valence-corrected chi connectivity index (χ3v) is 5.97. The summed E-state index contributed by atoms with van der Waals surface area (Å²) in [5.74, 6) is -5.55. The number of carboxylic acid groups (broad SMARTS) is 2. The van der Waals surface area contributed by atoms with Crippen molar-refractivity contribution in [2.45, 2.75) is 77.5 Å². The molecule has 1 aromatic rings. The van der Waals surface area contributed by atoms with Gasteiger partial charge in [-0.3, -0.25) is 28.8 Å². The molecule has 13 heteroatoms. The molecule has 4 amide bonds. The van der Waals surface area contributed by atoms with E-state index in [0.29, 0.717) is 5.56 Å². The van der Waals surface area contributed by atoms with E-state index < -0.39 is 72.7 Å². The number of carbonyl (C=O) groups is 6. The van der Waals surface area contributed by atoms with Crippen LogP contribution < -0.4 is 27.0 Å². The van der Waals surface area contributed by atoms with Crippen LogP contribution in [0.15, 0.2) is 30.3 Å². The van der Waals surface area contributed by atoms with Gasteiger partial charge in [-0.25, -0.2) is 0 Å². The highest BCUT2D eigenvalue weighted by molar-refractivity contribution is 5.95. The van der Waals surface area contributed by atoms with Crippen LogP contribution in [0.5, 0.6) is 0 Å². The lowest BCUT2D eigenvalue weighted by molar-refractivity contribution is -0.139. The van der Waals surface area contributed by atoms with E-state index >= 15 is 0 Å². The van der Waals surface area contributed by atoms with Gasteiger partial charge < -0.3 is 37.2 Å². The molecule has 0 saturated heterocycles. The normalized spacial score (nSPS) is 14.0. The molecule has 40 heavy (non-hydrogen) atoms. The SMILES string of the molecule is CC(C)C[C@H](NC(=O)[C@H](Cc1ccccc1)NC(=O)[C@H](CCC(=O)O)NC(=O)[C@@H](N)C(C)C)C(=O)NCC(=O)O. The summed E-state index contributed by atoms with van der Waals surface area (Å²) in [6, 6.07) is 4.24. The number of rotatable bonds is 17. The van der Waals surface area contributed by atoms with Crippen LogP contribution in [0.4, 0.5) is 0 Å². The van der Waals surface area contributed by atoms with Crippen molar-refractivity contribution in [2.75, 3.05) is 6.54 Å². The summed E-state index contributed by atoms with van der Waals surface area (Å²) >= 11 is 0. The van der Waals surface area contributed by atoms with Crippen LogP contribution in [0.2, 0.25) is 0 Å². The summed E-state index contributed by atoms with van der Waals surface area (Å²) in [4.78, 5) is 73.9. The molecular formula is C27H41N5O8. The monoisotopic (exact) mass is 563 g/mol. The predicted molar refractivity (Wildman–Crippen MR) is 146 cm³/mol. The van der Waals surface area contributed by atoms with Gasteiger partial charge in [0.25, 0.3) is 0 Å². The van der Waals surface area contributed by atoms with E-state index in [9.17, 15) is 28.8 Å². The van der Waals surface area contributed by atoms with Gasteiger partial charge in [0, 0.05) is 12.8 Å². The molecule has 0 heterocycles. The first-order valence-corrected chi connectivity index (χ1v) is 13.1. The molecule has 0 unspecified atom stereocenters. The summed E-state index contributed by atoms with van der Waals surface area (Å²) in [6.45, 7) is 6.46. The number of hydrogen-bond acceptors (Lipinski definition) is 7. The zero-order valence-electron chi connectivity index (χ0n) is 23.3. The lowest BCUT2D eigenvalue weighted by Crippen LogP contribution is -2.58. The molecule has 4 atom stereocenters. The van der Waals surface area contributed by atoms with Gasteiger partial charge in [-0.05, 0) is 30.2 Å². The Morgan fingerprint density at radius 3 is 1.82 bits per heavy atom. The largest absolute Gasteiger partial charge is 0.481 e. The maximum absolute atomic E-state index is 13.4. The second-order valence-electron chi connectivity index (χ2n) is 10.3. The maximum atomic E-state index is 13.4. The van der Waals surface area contributed by atoms with Gasteiger partial charge in [0.2, 0.25) is 23.6 Å². The van der Waals surface area contributed by atoms with Crippen LogP contribution in [-0.4, -0.2) is 76.5 Å². The van der Waals surface area contributed by atoms with Gasteiger partial charge in [0.05, 0.1) is 6.04 Å².